The molecular weight excluding hydrogens is 176 g/mol. The molecule has 0 saturated carbocycles. The first kappa shape index (κ1) is 8.81. The van der Waals surface area contributed by atoms with Crippen LogP contribution in [0.3, 0.4) is 0 Å². The van der Waals surface area contributed by atoms with Crippen molar-refractivity contribution < 1.29 is 4.79 Å². The van der Waals surface area contributed by atoms with E-state index in [0.717, 1.165) is 16.5 Å². The molecule has 2 rings (SSSR count). The van der Waals surface area contributed by atoms with Crippen molar-refractivity contribution in [2.24, 2.45) is 0 Å². The van der Waals surface area contributed by atoms with Crippen molar-refractivity contribution in [2.45, 2.75) is 0 Å². The first-order valence-electron chi connectivity index (χ1n) is 4.48. The van der Waals surface area contributed by atoms with Crippen LogP contribution in [0.5, 0.6) is 0 Å². The van der Waals surface area contributed by atoms with Gasteiger partial charge in [-0.05, 0) is 18.2 Å². The number of hydrogen-bond acceptors (Lipinski definition) is 1. The highest BCUT2D eigenvalue weighted by Crippen LogP contribution is 2.18. The lowest BCUT2D eigenvalue weighted by Crippen LogP contribution is -2.21. The Hall–Kier alpha value is -1.77. The molecule has 1 amide bonds. The zero-order chi connectivity index (χ0) is 10.1. The van der Waals surface area contributed by atoms with Crippen LogP contribution in [0.2, 0.25) is 0 Å². The van der Waals surface area contributed by atoms with Gasteiger partial charge in [0.15, 0.2) is 0 Å². The molecule has 0 aliphatic carbocycles. The van der Waals surface area contributed by atoms with E-state index in [1.165, 1.54) is 0 Å². The molecule has 0 aliphatic heterocycles. The third-order valence-corrected chi connectivity index (χ3v) is 2.23. The summed E-state index contributed by atoms with van der Waals surface area (Å²) in [4.78, 5) is 16.4. The molecule has 0 atom stereocenters. The van der Waals surface area contributed by atoms with Crippen LogP contribution in [0, 0.1) is 0 Å². The molecule has 0 spiro atoms. The van der Waals surface area contributed by atoms with Crippen LogP contribution in [-0.2, 0) is 0 Å². The number of rotatable bonds is 1. The zero-order valence-corrected chi connectivity index (χ0v) is 8.24. The fourth-order valence-electron chi connectivity index (χ4n) is 1.51. The van der Waals surface area contributed by atoms with E-state index in [2.05, 4.69) is 4.98 Å². The van der Waals surface area contributed by atoms with Crippen molar-refractivity contribution in [3.8, 4) is 0 Å². The summed E-state index contributed by atoms with van der Waals surface area (Å²) >= 11 is 0. The monoisotopic (exact) mass is 188 g/mol. The summed E-state index contributed by atoms with van der Waals surface area (Å²) in [6.07, 6.45) is 1.84. The maximum atomic E-state index is 11.8. The van der Waals surface area contributed by atoms with E-state index in [4.69, 9.17) is 0 Å². The van der Waals surface area contributed by atoms with E-state index >= 15 is 0 Å². The van der Waals surface area contributed by atoms with Crippen LogP contribution < -0.4 is 0 Å². The van der Waals surface area contributed by atoms with Crippen LogP contribution in [0.1, 0.15) is 10.4 Å². The molecule has 3 heteroatoms. The Balaban J connectivity index is 2.62. The van der Waals surface area contributed by atoms with Gasteiger partial charge in [0.25, 0.3) is 5.91 Å². The van der Waals surface area contributed by atoms with Crippen molar-refractivity contribution in [1.82, 2.24) is 9.88 Å². The van der Waals surface area contributed by atoms with Crippen LogP contribution in [0.15, 0.2) is 30.5 Å². The smallest absolute Gasteiger partial charge is 0.254 e. The Bertz CT molecular complexity index is 471. The Kier molecular flexibility index (Phi) is 2.00. The number of aromatic amines is 1. The van der Waals surface area contributed by atoms with E-state index in [9.17, 15) is 4.79 Å². The molecule has 0 bridgehead atoms. The van der Waals surface area contributed by atoms with Gasteiger partial charge in [-0.25, -0.2) is 0 Å². The number of carbonyl (C=O) groups is 1. The maximum absolute atomic E-state index is 11.8. The van der Waals surface area contributed by atoms with Crippen molar-refractivity contribution in [2.75, 3.05) is 14.1 Å². The third-order valence-electron chi connectivity index (χ3n) is 2.23. The summed E-state index contributed by atoms with van der Waals surface area (Å²) in [5.74, 6) is 0.0372. The molecule has 0 aliphatic rings. The van der Waals surface area contributed by atoms with Gasteiger partial charge in [0, 0.05) is 36.8 Å². The van der Waals surface area contributed by atoms with E-state index in [1.54, 1.807) is 19.0 Å². The molecule has 2 aromatic rings. The first-order chi connectivity index (χ1) is 6.70. The van der Waals surface area contributed by atoms with Crippen molar-refractivity contribution in [1.29, 1.82) is 0 Å². The second kappa shape index (κ2) is 3.18. The zero-order valence-electron chi connectivity index (χ0n) is 8.24. The van der Waals surface area contributed by atoms with E-state index in [1.807, 2.05) is 30.5 Å². The van der Waals surface area contributed by atoms with Gasteiger partial charge in [-0.1, -0.05) is 6.07 Å². The van der Waals surface area contributed by atoms with Crippen molar-refractivity contribution in [3.63, 3.8) is 0 Å². The van der Waals surface area contributed by atoms with E-state index in [0.29, 0.717) is 0 Å². The quantitative estimate of drug-likeness (QED) is 0.728. The van der Waals surface area contributed by atoms with Gasteiger partial charge >= 0.3 is 0 Å². The number of carbonyl (C=O) groups excluding carboxylic acids is 1. The second-order valence-corrected chi connectivity index (χ2v) is 3.44. The largest absolute Gasteiger partial charge is 0.361 e. The molecule has 1 heterocycles. The fourth-order valence-corrected chi connectivity index (χ4v) is 1.51. The standard InChI is InChI=1S/C11H12N2O/c1-13(2)11(14)9-4-3-5-10-8(9)6-7-12-10/h3-7,12H,1-2H3. The minimum absolute atomic E-state index is 0.0372. The van der Waals surface area contributed by atoms with Gasteiger partial charge in [-0.3, -0.25) is 4.79 Å². The average Bonchev–Trinajstić information content (AvgIpc) is 2.63. The maximum Gasteiger partial charge on any atom is 0.254 e. The molecule has 3 nitrogen and oxygen atoms in total. The van der Waals surface area contributed by atoms with Crippen LogP contribution in [0.25, 0.3) is 10.9 Å². The highest BCUT2D eigenvalue weighted by molar-refractivity contribution is 6.06. The molecule has 14 heavy (non-hydrogen) atoms. The summed E-state index contributed by atoms with van der Waals surface area (Å²) in [5, 5.41) is 0.978. The molecule has 0 unspecified atom stereocenters. The molecule has 0 radical (unpaired) electrons. The highest BCUT2D eigenvalue weighted by Gasteiger charge is 2.11. The number of nitrogens with zero attached hydrogens (tertiary/aromatic N) is 1. The van der Waals surface area contributed by atoms with Crippen molar-refractivity contribution in [3.05, 3.63) is 36.0 Å². The van der Waals surface area contributed by atoms with E-state index in [-0.39, 0.29) is 5.91 Å². The number of benzene rings is 1. The number of hydrogen-bond donors (Lipinski definition) is 1. The van der Waals surface area contributed by atoms with Gasteiger partial charge in [-0.2, -0.15) is 0 Å². The van der Waals surface area contributed by atoms with Crippen molar-refractivity contribution >= 4 is 16.8 Å². The predicted octanol–water partition coefficient (Wildman–Crippen LogP) is 1.87. The third kappa shape index (κ3) is 1.27. The van der Waals surface area contributed by atoms with Gasteiger partial charge < -0.3 is 9.88 Å². The molecule has 72 valence electrons. The summed E-state index contributed by atoms with van der Waals surface area (Å²) in [6, 6.07) is 7.61. The SMILES string of the molecule is CN(C)C(=O)c1cccc2[nH]ccc12. The summed E-state index contributed by atoms with van der Waals surface area (Å²) in [5.41, 5.74) is 1.74. The summed E-state index contributed by atoms with van der Waals surface area (Å²) < 4.78 is 0. The molecule has 1 aromatic heterocycles. The fraction of sp³-hybridized carbons (Fsp3) is 0.182. The van der Waals surface area contributed by atoms with Gasteiger partial charge in [-0.15, -0.1) is 0 Å². The predicted molar refractivity (Wildman–Crippen MR) is 56.3 cm³/mol. The lowest BCUT2D eigenvalue weighted by atomic mass is 10.1. The lowest BCUT2D eigenvalue weighted by molar-refractivity contribution is 0.0829. The van der Waals surface area contributed by atoms with Crippen LogP contribution in [0.4, 0.5) is 0 Å². The molecule has 0 fully saturated rings. The topological polar surface area (TPSA) is 36.1 Å². The Morgan fingerprint density at radius 2 is 2.07 bits per heavy atom. The van der Waals surface area contributed by atoms with Crippen LogP contribution in [-0.4, -0.2) is 29.9 Å². The number of amides is 1. The normalized spacial score (nSPS) is 10.4. The summed E-state index contributed by atoms with van der Waals surface area (Å²) in [6.45, 7) is 0. The Morgan fingerprint density at radius 3 is 2.79 bits per heavy atom. The molecule has 1 aromatic carbocycles. The Morgan fingerprint density at radius 1 is 1.29 bits per heavy atom. The van der Waals surface area contributed by atoms with E-state index < -0.39 is 0 Å². The molecule has 1 N–H and O–H groups in total. The molecule has 0 saturated heterocycles. The first-order valence-corrected chi connectivity index (χ1v) is 4.48. The molecular formula is C11H12N2O. The average molecular weight is 188 g/mol. The minimum atomic E-state index is 0.0372. The van der Waals surface area contributed by atoms with Gasteiger partial charge in [0.2, 0.25) is 0 Å². The highest BCUT2D eigenvalue weighted by atomic mass is 16.2. The number of fused-ring (bicyclic) bond motifs is 1. The number of aromatic nitrogens is 1. The van der Waals surface area contributed by atoms with Gasteiger partial charge in [0.1, 0.15) is 0 Å². The number of nitrogens with one attached hydrogen (secondary N) is 1. The minimum Gasteiger partial charge on any atom is -0.361 e. The lowest BCUT2D eigenvalue weighted by Gasteiger charge is -2.10. The Labute approximate surface area is 82.3 Å². The van der Waals surface area contributed by atoms with Crippen LogP contribution >= 0.6 is 0 Å². The van der Waals surface area contributed by atoms with Gasteiger partial charge in [0.05, 0.1) is 0 Å². The number of H-pyrrole nitrogens is 1. The second-order valence-electron chi connectivity index (χ2n) is 3.44. The summed E-state index contributed by atoms with van der Waals surface area (Å²) in [7, 11) is 3.52.